The Labute approximate surface area is 200 Å². The average Bonchev–Trinajstić information content (AvgIpc) is 3.13. The van der Waals surface area contributed by atoms with Gasteiger partial charge >= 0.3 is 0 Å². The van der Waals surface area contributed by atoms with Crippen LogP contribution in [0.5, 0.6) is 0 Å². The van der Waals surface area contributed by atoms with Gasteiger partial charge in [0.05, 0.1) is 15.9 Å². The Kier molecular flexibility index (Phi) is 7.51. The van der Waals surface area contributed by atoms with Gasteiger partial charge in [0, 0.05) is 50.5 Å². The molecule has 1 amide bonds. The highest BCUT2D eigenvalue weighted by atomic mass is 35.5. The van der Waals surface area contributed by atoms with Crippen LogP contribution in [0, 0.1) is 0 Å². The molecule has 33 heavy (non-hydrogen) atoms. The summed E-state index contributed by atoms with van der Waals surface area (Å²) in [6, 6.07) is 12.6. The van der Waals surface area contributed by atoms with E-state index in [1.165, 1.54) is 18.4 Å². The van der Waals surface area contributed by atoms with Crippen LogP contribution in [-0.2, 0) is 33.2 Å². The first-order valence-corrected chi connectivity index (χ1v) is 12.7. The first kappa shape index (κ1) is 25.2. The molecule has 0 aliphatic heterocycles. The number of aryl methyl sites for hydroxylation is 2. The number of rotatable bonds is 9. The van der Waals surface area contributed by atoms with Crippen molar-refractivity contribution in [2.24, 2.45) is 0 Å². The second-order valence-corrected chi connectivity index (χ2v) is 11.5. The molecule has 1 heterocycles. The summed E-state index contributed by atoms with van der Waals surface area (Å²) in [4.78, 5) is 17.4. The van der Waals surface area contributed by atoms with Crippen molar-refractivity contribution in [3.63, 3.8) is 0 Å². The van der Waals surface area contributed by atoms with Crippen LogP contribution in [0.4, 0.5) is 0 Å². The maximum absolute atomic E-state index is 12.6. The van der Waals surface area contributed by atoms with Crippen molar-refractivity contribution < 1.29 is 13.2 Å². The first-order valence-electron chi connectivity index (χ1n) is 10.9. The summed E-state index contributed by atoms with van der Waals surface area (Å²) >= 11 is 5.98. The largest absolute Gasteiger partial charge is 0.355 e. The number of aromatic nitrogens is 2. The zero-order valence-electron chi connectivity index (χ0n) is 19.7. The summed E-state index contributed by atoms with van der Waals surface area (Å²) in [5.74, 6) is 0.710. The molecule has 178 valence electrons. The number of carbonyl (C=O) groups excluding carboxylic acids is 1. The molecule has 0 aliphatic rings. The normalized spacial score (nSPS) is 12.5. The standard InChI is InChI=1S/C24H31ClN4O3S/c1-6-29-21-12-11-19(33(31,32)28(4)5)15-20(21)27-22(29)13-14-23(30)26-16-24(2,3)17-7-9-18(25)10-8-17/h7-12,15H,6,13-14,16H2,1-5H3,(H,26,30). The molecule has 3 rings (SSSR count). The number of nitrogens with zero attached hydrogens (tertiary/aromatic N) is 3. The summed E-state index contributed by atoms with van der Waals surface area (Å²) in [7, 11) is -0.534. The molecule has 0 atom stereocenters. The smallest absolute Gasteiger partial charge is 0.242 e. The number of halogens is 1. The van der Waals surface area contributed by atoms with Crippen LogP contribution >= 0.6 is 11.6 Å². The van der Waals surface area contributed by atoms with Crippen LogP contribution in [0.1, 0.15) is 38.6 Å². The lowest BCUT2D eigenvalue weighted by atomic mass is 9.84. The quantitative estimate of drug-likeness (QED) is 0.491. The lowest BCUT2D eigenvalue weighted by Crippen LogP contribution is -2.36. The average molecular weight is 491 g/mol. The predicted molar refractivity (Wildman–Crippen MR) is 132 cm³/mol. The zero-order chi connectivity index (χ0) is 24.4. The summed E-state index contributed by atoms with van der Waals surface area (Å²) in [6.45, 7) is 7.34. The van der Waals surface area contributed by atoms with Crippen molar-refractivity contribution in [3.8, 4) is 0 Å². The van der Waals surface area contributed by atoms with Gasteiger partial charge in [-0.05, 0) is 42.8 Å². The van der Waals surface area contributed by atoms with E-state index in [4.69, 9.17) is 11.6 Å². The van der Waals surface area contributed by atoms with Gasteiger partial charge in [0.15, 0.2) is 0 Å². The minimum atomic E-state index is -3.54. The fourth-order valence-electron chi connectivity index (χ4n) is 3.71. The molecule has 0 aliphatic carbocycles. The molecule has 0 saturated carbocycles. The van der Waals surface area contributed by atoms with Gasteiger partial charge in [-0.25, -0.2) is 17.7 Å². The highest BCUT2D eigenvalue weighted by Gasteiger charge is 2.22. The van der Waals surface area contributed by atoms with Gasteiger partial charge in [0.2, 0.25) is 15.9 Å². The maximum atomic E-state index is 12.6. The highest BCUT2D eigenvalue weighted by Crippen LogP contribution is 2.25. The fraction of sp³-hybridized carbons (Fsp3) is 0.417. The fourth-order valence-corrected chi connectivity index (χ4v) is 4.76. The second kappa shape index (κ2) is 9.83. The number of fused-ring (bicyclic) bond motifs is 1. The Hall–Kier alpha value is -2.42. The van der Waals surface area contributed by atoms with Gasteiger partial charge in [0.25, 0.3) is 0 Å². The van der Waals surface area contributed by atoms with E-state index in [0.717, 1.165) is 16.9 Å². The number of amides is 1. The van der Waals surface area contributed by atoms with E-state index in [9.17, 15) is 13.2 Å². The van der Waals surface area contributed by atoms with E-state index < -0.39 is 10.0 Å². The summed E-state index contributed by atoms with van der Waals surface area (Å²) < 4.78 is 28.1. The summed E-state index contributed by atoms with van der Waals surface area (Å²) in [6.07, 6.45) is 0.758. The Morgan fingerprint density at radius 1 is 1.15 bits per heavy atom. The van der Waals surface area contributed by atoms with Gasteiger partial charge in [-0.15, -0.1) is 0 Å². The number of nitrogens with one attached hydrogen (secondary N) is 1. The summed E-state index contributed by atoms with van der Waals surface area (Å²) in [5.41, 5.74) is 2.34. The molecule has 7 nitrogen and oxygen atoms in total. The van der Waals surface area contributed by atoms with E-state index in [1.54, 1.807) is 18.2 Å². The van der Waals surface area contributed by atoms with Crippen LogP contribution < -0.4 is 5.32 Å². The molecule has 3 aromatic rings. The van der Waals surface area contributed by atoms with E-state index in [2.05, 4.69) is 24.1 Å². The monoisotopic (exact) mass is 490 g/mol. The molecule has 0 saturated heterocycles. The van der Waals surface area contributed by atoms with Crippen molar-refractivity contribution in [1.29, 1.82) is 0 Å². The number of imidazole rings is 1. The molecule has 9 heteroatoms. The lowest BCUT2D eigenvalue weighted by molar-refractivity contribution is -0.121. The van der Waals surface area contributed by atoms with Gasteiger partial charge in [-0.3, -0.25) is 4.79 Å². The number of hydrogen-bond donors (Lipinski definition) is 1. The Morgan fingerprint density at radius 3 is 2.42 bits per heavy atom. The Morgan fingerprint density at radius 2 is 1.82 bits per heavy atom. The number of benzene rings is 2. The molecular weight excluding hydrogens is 460 g/mol. The van der Waals surface area contributed by atoms with Gasteiger partial charge in [-0.2, -0.15) is 0 Å². The third-order valence-electron chi connectivity index (χ3n) is 5.82. The summed E-state index contributed by atoms with van der Waals surface area (Å²) in [5, 5.41) is 3.71. The molecule has 1 aromatic heterocycles. The molecule has 0 radical (unpaired) electrons. The maximum Gasteiger partial charge on any atom is 0.242 e. The lowest BCUT2D eigenvalue weighted by Gasteiger charge is -2.25. The van der Waals surface area contributed by atoms with Crippen LogP contribution in [0.15, 0.2) is 47.4 Å². The molecule has 0 bridgehead atoms. The molecular formula is C24H31ClN4O3S. The minimum absolute atomic E-state index is 0.0531. The topological polar surface area (TPSA) is 84.3 Å². The van der Waals surface area contributed by atoms with E-state index >= 15 is 0 Å². The highest BCUT2D eigenvalue weighted by molar-refractivity contribution is 7.89. The zero-order valence-corrected chi connectivity index (χ0v) is 21.3. The molecule has 2 aromatic carbocycles. The van der Waals surface area contributed by atoms with Gasteiger partial charge in [-0.1, -0.05) is 37.6 Å². The Bertz CT molecular complexity index is 1250. The minimum Gasteiger partial charge on any atom is -0.355 e. The number of hydrogen-bond acceptors (Lipinski definition) is 4. The molecule has 0 unspecified atom stereocenters. The molecule has 0 spiro atoms. The van der Waals surface area contributed by atoms with Crippen molar-refractivity contribution in [3.05, 3.63) is 58.9 Å². The van der Waals surface area contributed by atoms with Crippen molar-refractivity contribution in [2.75, 3.05) is 20.6 Å². The molecule has 1 N–H and O–H groups in total. The van der Waals surface area contributed by atoms with Crippen molar-refractivity contribution >= 4 is 38.6 Å². The first-order chi connectivity index (χ1) is 15.5. The van der Waals surface area contributed by atoms with Crippen LogP contribution in [0.3, 0.4) is 0 Å². The van der Waals surface area contributed by atoms with E-state index in [-0.39, 0.29) is 16.2 Å². The third-order valence-corrected chi connectivity index (χ3v) is 7.89. The SMILES string of the molecule is CCn1c(CCC(=O)NCC(C)(C)c2ccc(Cl)cc2)nc2cc(S(=O)(=O)N(C)C)ccc21. The predicted octanol–water partition coefficient (Wildman–Crippen LogP) is 3.99. The number of carbonyl (C=O) groups is 1. The second-order valence-electron chi connectivity index (χ2n) is 8.88. The van der Waals surface area contributed by atoms with E-state index in [0.29, 0.717) is 36.5 Å². The van der Waals surface area contributed by atoms with E-state index in [1.807, 2.05) is 35.8 Å². The number of sulfonamides is 1. The molecule has 0 fully saturated rings. The van der Waals surface area contributed by atoms with Crippen LogP contribution in [-0.4, -0.2) is 48.8 Å². The van der Waals surface area contributed by atoms with Gasteiger partial charge < -0.3 is 9.88 Å². The van der Waals surface area contributed by atoms with Crippen LogP contribution in [0.25, 0.3) is 11.0 Å². The van der Waals surface area contributed by atoms with Crippen LogP contribution in [0.2, 0.25) is 5.02 Å². The van der Waals surface area contributed by atoms with Crippen molar-refractivity contribution in [2.45, 2.75) is 50.5 Å². The van der Waals surface area contributed by atoms with Gasteiger partial charge in [0.1, 0.15) is 5.82 Å². The Balaban J connectivity index is 1.70. The third kappa shape index (κ3) is 5.57. The van der Waals surface area contributed by atoms with Crippen molar-refractivity contribution in [1.82, 2.24) is 19.2 Å².